The molecule has 0 aliphatic rings. The zero-order valence-electron chi connectivity index (χ0n) is 10.6. The van der Waals surface area contributed by atoms with Gasteiger partial charge in [0.1, 0.15) is 0 Å². The normalized spacial score (nSPS) is 10.8. The molecule has 0 saturated heterocycles. The van der Waals surface area contributed by atoms with Gasteiger partial charge in [-0.1, -0.05) is 13.3 Å². The van der Waals surface area contributed by atoms with Crippen molar-refractivity contribution < 1.29 is 9.90 Å². The highest BCUT2D eigenvalue weighted by atomic mass is 16.4. The fraction of sp³-hybridized carbons (Fsp3) is 0.385. The third-order valence-corrected chi connectivity index (χ3v) is 2.85. The van der Waals surface area contributed by atoms with E-state index in [1.165, 1.54) is 0 Å². The number of hydrogen-bond donors (Lipinski definition) is 1. The van der Waals surface area contributed by atoms with Crippen molar-refractivity contribution in [1.82, 2.24) is 14.3 Å². The minimum Gasteiger partial charge on any atom is -0.476 e. The van der Waals surface area contributed by atoms with Gasteiger partial charge in [0.05, 0.1) is 5.69 Å². The zero-order valence-corrected chi connectivity index (χ0v) is 10.6. The van der Waals surface area contributed by atoms with Crippen molar-refractivity contribution in [3.05, 3.63) is 30.2 Å². The van der Waals surface area contributed by atoms with Crippen molar-refractivity contribution in [2.45, 2.75) is 26.3 Å². The van der Waals surface area contributed by atoms with Crippen LogP contribution in [0.2, 0.25) is 0 Å². The van der Waals surface area contributed by atoms with E-state index in [2.05, 4.69) is 12.0 Å². The van der Waals surface area contributed by atoms with Crippen LogP contribution in [-0.4, -0.2) is 25.4 Å². The number of hydrogen-bond acceptors (Lipinski definition) is 2. The van der Waals surface area contributed by atoms with E-state index in [0.29, 0.717) is 0 Å². The standard InChI is InChI=1S/C13H17N3O2/c1-3-4-6-16-12(8-11(14-16)13(17)18)10-5-7-15(2)9-10/h5,7-9H,3-4,6H2,1-2H3,(H,17,18). The monoisotopic (exact) mass is 247 g/mol. The summed E-state index contributed by atoms with van der Waals surface area (Å²) in [6, 6.07) is 3.60. The summed E-state index contributed by atoms with van der Waals surface area (Å²) in [5.74, 6) is -0.984. The Balaban J connectivity index is 2.40. The van der Waals surface area contributed by atoms with E-state index in [9.17, 15) is 4.79 Å². The van der Waals surface area contributed by atoms with E-state index in [1.54, 1.807) is 10.7 Å². The van der Waals surface area contributed by atoms with E-state index in [4.69, 9.17) is 5.11 Å². The molecule has 1 N–H and O–H groups in total. The SMILES string of the molecule is CCCCn1nc(C(=O)O)cc1-c1ccn(C)c1. The van der Waals surface area contributed by atoms with Crippen LogP contribution in [0, 0.1) is 0 Å². The van der Waals surface area contributed by atoms with Crippen LogP contribution in [0.4, 0.5) is 0 Å². The van der Waals surface area contributed by atoms with Gasteiger partial charge in [0.2, 0.25) is 0 Å². The first-order chi connectivity index (χ1) is 8.61. The number of unbranched alkanes of at least 4 members (excludes halogenated alkanes) is 1. The van der Waals surface area contributed by atoms with Crippen LogP contribution >= 0.6 is 0 Å². The summed E-state index contributed by atoms with van der Waals surface area (Å²) in [5.41, 5.74) is 1.96. The van der Waals surface area contributed by atoms with Gasteiger partial charge in [-0.25, -0.2) is 4.79 Å². The highest BCUT2D eigenvalue weighted by molar-refractivity contribution is 5.86. The number of aryl methyl sites for hydroxylation is 2. The van der Waals surface area contributed by atoms with E-state index in [1.807, 2.05) is 30.1 Å². The number of carbonyl (C=O) groups is 1. The van der Waals surface area contributed by atoms with Crippen LogP contribution in [0.5, 0.6) is 0 Å². The third kappa shape index (κ3) is 2.45. The second-order valence-corrected chi connectivity index (χ2v) is 4.36. The molecule has 0 spiro atoms. The Morgan fingerprint density at radius 2 is 2.28 bits per heavy atom. The van der Waals surface area contributed by atoms with Gasteiger partial charge in [-0.2, -0.15) is 5.10 Å². The fourth-order valence-electron chi connectivity index (χ4n) is 1.89. The second-order valence-electron chi connectivity index (χ2n) is 4.36. The van der Waals surface area contributed by atoms with Crippen LogP contribution in [0.15, 0.2) is 24.5 Å². The molecule has 2 heterocycles. The molecule has 0 saturated carbocycles. The summed E-state index contributed by atoms with van der Waals surface area (Å²) in [6.45, 7) is 2.85. The fourth-order valence-corrected chi connectivity index (χ4v) is 1.89. The lowest BCUT2D eigenvalue weighted by atomic mass is 10.2. The maximum atomic E-state index is 11.0. The number of aromatic carboxylic acids is 1. The molecule has 0 amide bonds. The average Bonchev–Trinajstić information content (AvgIpc) is 2.92. The molecule has 2 aromatic rings. The Morgan fingerprint density at radius 3 is 2.83 bits per heavy atom. The number of nitrogens with zero attached hydrogens (tertiary/aromatic N) is 3. The summed E-state index contributed by atoms with van der Waals surface area (Å²) in [7, 11) is 1.94. The average molecular weight is 247 g/mol. The van der Waals surface area contributed by atoms with Crippen molar-refractivity contribution in [1.29, 1.82) is 0 Å². The number of rotatable bonds is 5. The minimum atomic E-state index is -0.984. The van der Waals surface area contributed by atoms with Crippen molar-refractivity contribution >= 4 is 5.97 Å². The van der Waals surface area contributed by atoms with Crippen LogP contribution in [0.25, 0.3) is 11.3 Å². The first-order valence-corrected chi connectivity index (χ1v) is 6.05. The molecular formula is C13H17N3O2. The lowest BCUT2D eigenvalue weighted by Crippen LogP contribution is -2.04. The summed E-state index contributed by atoms with van der Waals surface area (Å²) >= 11 is 0. The maximum Gasteiger partial charge on any atom is 0.356 e. The van der Waals surface area contributed by atoms with Gasteiger partial charge >= 0.3 is 5.97 Å². The largest absolute Gasteiger partial charge is 0.476 e. The summed E-state index contributed by atoms with van der Waals surface area (Å²) < 4.78 is 3.72. The van der Waals surface area contributed by atoms with Crippen molar-refractivity contribution in [3.63, 3.8) is 0 Å². The summed E-state index contributed by atoms with van der Waals surface area (Å²) in [4.78, 5) is 11.0. The molecule has 5 heteroatoms. The Morgan fingerprint density at radius 1 is 1.50 bits per heavy atom. The Kier molecular flexibility index (Phi) is 3.50. The number of aromatic nitrogens is 3. The van der Waals surface area contributed by atoms with E-state index in [0.717, 1.165) is 30.6 Å². The number of carboxylic acid groups (broad SMARTS) is 1. The van der Waals surface area contributed by atoms with Crippen LogP contribution in [0.1, 0.15) is 30.3 Å². The van der Waals surface area contributed by atoms with Crippen molar-refractivity contribution in [2.24, 2.45) is 7.05 Å². The lowest BCUT2D eigenvalue weighted by molar-refractivity contribution is 0.0689. The minimum absolute atomic E-state index is 0.102. The highest BCUT2D eigenvalue weighted by Gasteiger charge is 2.14. The first kappa shape index (κ1) is 12.4. The molecular weight excluding hydrogens is 230 g/mol. The highest BCUT2D eigenvalue weighted by Crippen LogP contribution is 2.21. The smallest absolute Gasteiger partial charge is 0.356 e. The van der Waals surface area contributed by atoms with Crippen molar-refractivity contribution in [3.8, 4) is 11.3 Å². The topological polar surface area (TPSA) is 60.1 Å². The van der Waals surface area contributed by atoms with Gasteiger partial charge in [-0.3, -0.25) is 4.68 Å². The first-order valence-electron chi connectivity index (χ1n) is 6.05. The van der Waals surface area contributed by atoms with Gasteiger partial charge in [-0.05, 0) is 18.6 Å². The molecule has 2 aromatic heterocycles. The van der Waals surface area contributed by atoms with Gasteiger partial charge < -0.3 is 9.67 Å². The molecule has 0 radical (unpaired) electrons. The predicted octanol–water partition coefficient (Wildman–Crippen LogP) is 2.39. The molecule has 0 aromatic carbocycles. The quantitative estimate of drug-likeness (QED) is 0.882. The lowest BCUT2D eigenvalue weighted by Gasteiger charge is -2.04. The Labute approximate surface area is 106 Å². The maximum absolute atomic E-state index is 11.0. The summed E-state index contributed by atoms with van der Waals surface area (Å²) in [5, 5.41) is 13.2. The molecule has 0 bridgehead atoms. The zero-order chi connectivity index (χ0) is 13.1. The molecule has 18 heavy (non-hydrogen) atoms. The van der Waals surface area contributed by atoms with Crippen LogP contribution < -0.4 is 0 Å². The molecule has 5 nitrogen and oxygen atoms in total. The molecule has 0 aliphatic heterocycles. The van der Waals surface area contributed by atoms with Crippen LogP contribution in [0.3, 0.4) is 0 Å². The van der Waals surface area contributed by atoms with Crippen molar-refractivity contribution in [2.75, 3.05) is 0 Å². The number of carboxylic acids is 1. The Bertz CT molecular complexity index is 554. The second kappa shape index (κ2) is 5.08. The third-order valence-electron chi connectivity index (χ3n) is 2.85. The van der Waals surface area contributed by atoms with Gasteiger partial charge in [-0.15, -0.1) is 0 Å². The Hall–Kier alpha value is -2.04. The molecule has 0 aliphatic carbocycles. The molecule has 0 unspecified atom stereocenters. The molecule has 2 rings (SSSR count). The predicted molar refractivity (Wildman–Crippen MR) is 68.5 cm³/mol. The van der Waals surface area contributed by atoms with Gasteiger partial charge in [0.25, 0.3) is 0 Å². The molecule has 0 atom stereocenters. The van der Waals surface area contributed by atoms with E-state index in [-0.39, 0.29) is 5.69 Å². The molecule has 0 fully saturated rings. The van der Waals surface area contributed by atoms with Crippen LogP contribution in [-0.2, 0) is 13.6 Å². The van der Waals surface area contributed by atoms with E-state index >= 15 is 0 Å². The van der Waals surface area contributed by atoms with E-state index < -0.39 is 5.97 Å². The van der Waals surface area contributed by atoms with Gasteiger partial charge in [0, 0.05) is 31.5 Å². The summed E-state index contributed by atoms with van der Waals surface area (Å²) in [6.07, 6.45) is 5.94. The van der Waals surface area contributed by atoms with Gasteiger partial charge in [0.15, 0.2) is 5.69 Å². The molecule has 96 valence electrons.